The zero-order valence-electron chi connectivity index (χ0n) is 14.1. The lowest BCUT2D eigenvalue weighted by Crippen LogP contribution is -2.05. The SMILES string of the molecule is CCOC(=O)c1oc2nc(-c3ccccc3)cc(-c3ccco3)c2c1N. The largest absolute Gasteiger partial charge is 0.464 e. The number of esters is 1. The predicted molar refractivity (Wildman–Crippen MR) is 97.5 cm³/mol. The highest BCUT2D eigenvalue weighted by molar-refractivity contribution is 6.08. The number of nitrogens with zero attached hydrogens (tertiary/aromatic N) is 1. The summed E-state index contributed by atoms with van der Waals surface area (Å²) in [7, 11) is 0. The molecule has 26 heavy (non-hydrogen) atoms. The van der Waals surface area contributed by atoms with Gasteiger partial charge in [-0.25, -0.2) is 9.78 Å². The number of nitrogen functional groups attached to an aromatic ring is 1. The molecule has 0 fully saturated rings. The summed E-state index contributed by atoms with van der Waals surface area (Å²) < 4.78 is 16.2. The van der Waals surface area contributed by atoms with Crippen molar-refractivity contribution in [2.45, 2.75) is 6.92 Å². The van der Waals surface area contributed by atoms with Gasteiger partial charge in [-0.05, 0) is 25.1 Å². The molecule has 0 saturated carbocycles. The number of anilines is 1. The fourth-order valence-electron chi connectivity index (χ4n) is 2.85. The second-order valence-corrected chi connectivity index (χ2v) is 5.64. The lowest BCUT2D eigenvalue weighted by Gasteiger charge is -2.05. The molecule has 0 unspecified atom stereocenters. The second kappa shape index (κ2) is 6.40. The van der Waals surface area contributed by atoms with Gasteiger partial charge in [-0.3, -0.25) is 0 Å². The molecule has 0 bridgehead atoms. The molecule has 1 aromatic carbocycles. The molecule has 130 valence electrons. The van der Waals surface area contributed by atoms with Gasteiger partial charge in [0.25, 0.3) is 0 Å². The zero-order chi connectivity index (χ0) is 18.1. The maximum atomic E-state index is 12.1. The van der Waals surface area contributed by atoms with Crippen molar-refractivity contribution in [3.63, 3.8) is 0 Å². The number of fused-ring (bicyclic) bond motifs is 1. The molecule has 0 radical (unpaired) electrons. The van der Waals surface area contributed by atoms with Crippen LogP contribution < -0.4 is 5.73 Å². The van der Waals surface area contributed by atoms with E-state index < -0.39 is 5.97 Å². The molecule has 0 aliphatic rings. The van der Waals surface area contributed by atoms with Crippen molar-refractivity contribution < 1.29 is 18.4 Å². The van der Waals surface area contributed by atoms with Crippen LogP contribution in [-0.4, -0.2) is 17.6 Å². The number of hydrogen-bond acceptors (Lipinski definition) is 6. The average molecular weight is 348 g/mol. The average Bonchev–Trinajstić information content (AvgIpc) is 3.30. The molecule has 6 nitrogen and oxygen atoms in total. The third-order valence-electron chi connectivity index (χ3n) is 4.02. The summed E-state index contributed by atoms with van der Waals surface area (Å²) in [6.07, 6.45) is 1.58. The van der Waals surface area contributed by atoms with Crippen LogP contribution >= 0.6 is 0 Å². The van der Waals surface area contributed by atoms with Gasteiger partial charge in [-0.1, -0.05) is 30.3 Å². The van der Waals surface area contributed by atoms with Crippen LogP contribution in [0.15, 0.2) is 63.6 Å². The van der Waals surface area contributed by atoms with Crippen molar-refractivity contribution in [1.29, 1.82) is 0 Å². The number of furan rings is 2. The van der Waals surface area contributed by atoms with Crippen molar-refractivity contribution in [2.24, 2.45) is 0 Å². The minimum Gasteiger partial charge on any atom is -0.464 e. The van der Waals surface area contributed by atoms with Crippen LogP contribution in [0.4, 0.5) is 5.69 Å². The van der Waals surface area contributed by atoms with E-state index in [-0.39, 0.29) is 23.8 Å². The van der Waals surface area contributed by atoms with E-state index >= 15 is 0 Å². The molecule has 0 saturated heterocycles. The first-order chi connectivity index (χ1) is 12.7. The summed E-state index contributed by atoms with van der Waals surface area (Å²) in [5.41, 5.74) is 8.95. The van der Waals surface area contributed by atoms with Crippen molar-refractivity contribution in [2.75, 3.05) is 12.3 Å². The number of benzene rings is 1. The number of carbonyl (C=O) groups excluding carboxylic acids is 1. The van der Waals surface area contributed by atoms with Gasteiger partial charge >= 0.3 is 5.97 Å². The van der Waals surface area contributed by atoms with Crippen molar-refractivity contribution >= 4 is 22.8 Å². The molecular weight excluding hydrogens is 332 g/mol. The van der Waals surface area contributed by atoms with Gasteiger partial charge < -0.3 is 19.3 Å². The summed E-state index contributed by atoms with van der Waals surface area (Å²) in [4.78, 5) is 16.7. The van der Waals surface area contributed by atoms with Crippen LogP contribution in [0.3, 0.4) is 0 Å². The maximum Gasteiger partial charge on any atom is 0.376 e. The number of carbonyl (C=O) groups is 1. The molecule has 0 amide bonds. The molecule has 0 aliphatic carbocycles. The van der Waals surface area contributed by atoms with E-state index in [1.165, 1.54) is 0 Å². The second-order valence-electron chi connectivity index (χ2n) is 5.64. The van der Waals surface area contributed by atoms with Gasteiger partial charge in [0.05, 0.1) is 29.6 Å². The molecule has 6 heteroatoms. The molecule has 3 aromatic heterocycles. The van der Waals surface area contributed by atoms with E-state index in [2.05, 4.69) is 4.98 Å². The van der Waals surface area contributed by atoms with Crippen LogP contribution in [0.25, 0.3) is 33.7 Å². The smallest absolute Gasteiger partial charge is 0.376 e. The first-order valence-corrected chi connectivity index (χ1v) is 8.18. The number of aromatic nitrogens is 1. The van der Waals surface area contributed by atoms with Crippen molar-refractivity contribution in [1.82, 2.24) is 4.98 Å². The Bertz CT molecular complexity index is 1070. The van der Waals surface area contributed by atoms with Gasteiger partial charge in [0.15, 0.2) is 0 Å². The molecule has 0 aliphatic heterocycles. The number of ether oxygens (including phenoxy) is 1. The van der Waals surface area contributed by atoms with Crippen LogP contribution in [-0.2, 0) is 4.74 Å². The van der Waals surface area contributed by atoms with E-state index in [9.17, 15) is 4.79 Å². The quantitative estimate of drug-likeness (QED) is 0.545. The van der Waals surface area contributed by atoms with E-state index in [1.54, 1.807) is 19.3 Å². The number of pyridine rings is 1. The summed E-state index contributed by atoms with van der Waals surface area (Å²) in [5.74, 6) is -0.0560. The highest BCUT2D eigenvalue weighted by atomic mass is 16.5. The highest BCUT2D eigenvalue weighted by Crippen LogP contribution is 2.38. The summed E-state index contributed by atoms with van der Waals surface area (Å²) >= 11 is 0. The summed E-state index contributed by atoms with van der Waals surface area (Å²) in [6.45, 7) is 1.94. The molecular formula is C20H16N2O4. The topological polar surface area (TPSA) is 91.5 Å². The minimum absolute atomic E-state index is 0.0487. The summed E-state index contributed by atoms with van der Waals surface area (Å²) in [5, 5.41) is 0.530. The molecule has 0 spiro atoms. The van der Waals surface area contributed by atoms with Crippen molar-refractivity contribution in [3.8, 4) is 22.6 Å². The van der Waals surface area contributed by atoms with E-state index in [1.807, 2.05) is 42.5 Å². The highest BCUT2D eigenvalue weighted by Gasteiger charge is 2.25. The lowest BCUT2D eigenvalue weighted by molar-refractivity contribution is 0.0494. The molecule has 2 N–H and O–H groups in total. The number of rotatable bonds is 4. The summed E-state index contributed by atoms with van der Waals surface area (Å²) in [6, 6.07) is 15.1. The third-order valence-corrected chi connectivity index (χ3v) is 4.02. The monoisotopic (exact) mass is 348 g/mol. The number of nitrogens with two attached hydrogens (primary N) is 1. The molecule has 0 atom stereocenters. The standard InChI is InChI=1S/C20H16N2O4/c1-2-24-20(23)18-17(21)16-13(15-9-6-10-25-15)11-14(22-19(16)26-18)12-7-4-3-5-8-12/h3-11H,2,21H2,1H3. The Morgan fingerprint density at radius 2 is 2.00 bits per heavy atom. The molecule has 3 heterocycles. The van der Waals surface area contributed by atoms with E-state index in [0.717, 1.165) is 5.56 Å². The molecule has 4 aromatic rings. The molecule has 4 rings (SSSR count). The number of hydrogen-bond donors (Lipinski definition) is 1. The van der Waals surface area contributed by atoms with E-state index in [4.69, 9.17) is 19.3 Å². The fraction of sp³-hybridized carbons (Fsp3) is 0.100. The predicted octanol–water partition coefficient (Wildman–Crippen LogP) is 4.51. The minimum atomic E-state index is -0.616. The van der Waals surface area contributed by atoms with Crippen LogP contribution in [0, 0.1) is 0 Å². The lowest BCUT2D eigenvalue weighted by atomic mass is 10.0. The van der Waals surface area contributed by atoms with Gasteiger partial charge in [0.1, 0.15) is 5.76 Å². The van der Waals surface area contributed by atoms with Gasteiger partial charge in [-0.2, -0.15) is 0 Å². The Morgan fingerprint density at radius 3 is 2.69 bits per heavy atom. The Morgan fingerprint density at radius 1 is 1.19 bits per heavy atom. The first kappa shape index (κ1) is 16.0. The fourth-order valence-corrected chi connectivity index (χ4v) is 2.85. The first-order valence-electron chi connectivity index (χ1n) is 8.18. The Hall–Kier alpha value is -3.54. The Labute approximate surface area is 149 Å². The third kappa shape index (κ3) is 2.61. The zero-order valence-corrected chi connectivity index (χ0v) is 14.1. The van der Waals surface area contributed by atoms with Gasteiger partial charge in [0, 0.05) is 11.1 Å². The van der Waals surface area contributed by atoms with Crippen molar-refractivity contribution in [3.05, 3.63) is 60.6 Å². The van der Waals surface area contributed by atoms with Gasteiger partial charge in [0.2, 0.25) is 11.5 Å². The van der Waals surface area contributed by atoms with Gasteiger partial charge in [-0.15, -0.1) is 0 Å². The maximum absolute atomic E-state index is 12.1. The normalized spacial score (nSPS) is 11.0. The Balaban J connectivity index is 1.99. The van der Waals surface area contributed by atoms with E-state index in [0.29, 0.717) is 22.4 Å². The van der Waals surface area contributed by atoms with Crippen LogP contribution in [0.1, 0.15) is 17.5 Å². The van der Waals surface area contributed by atoms with Crippen LogP contribution in [0.5, 0.6) is 0 Å². The Kier molecular flexibility index (Phi) is 3.93. The van der Waals surface area contributed by atoms with Crippen LogP contribution in [0.2, 0.25) is 0 Å².